The summed E-state index contributed by atoms with van der Waals surface area (Å²) in [7, 11) is 1.99. The van der Waals surface area contributed by atoms with E-state index in [1.165, 1.54) is 19.3 Å². The van der Waals surface area contributed by atoms with Gasteiger partial charge < -0.3 is 16.0 Å². The first-order chi connectivity index (χ1) is 9.13. The molecule has 0 aliphatic carbocycles. The fourth-order valence-corrected chi connectivity index (χ4v) is 2.66. The van der Waals surface area contributed by atoms with Gasteiger partial charge in [0.05, 0.1) is 5.56 Å². The number of rotatable bonds is 4. The standard InChI is InChI=1S/C14H22N4O/c1-10(16-2)12-5-3-4-8-18(12)13-7-6-11(9-17-13)14(15)19/h6-7,9-10,12,16H,3-5,8H2,1-2H3,(H2,15,19). The van der Waals surface area contributed by atoms with Crippen molar-refractivity contribution in [1.82, 2.24) is 10.3 Å². The van der Waals surface area contributed by atoms with Gasteiger partial charge in [-0.05, 0) is 45.4 Å². The Labute approximate surface area is 114 Å². The minimum absolute atomic E-state index is 0.415. The molecule has 2 rings (SSSR count). The third-order valence-corrected chi connectivity index (χ3v) is 3.91. The van der Waals surface area contributed by atoms with Crippen LogP contribution in [-0.4, -0.2) is 36.6 Å². The van der Waals surface area contributed by atoms with Gasteiger partial charge >= 0.3 is 0 Å². The maximum Gasteiger partial charge on any atom is 0.250 e. The SMILES string of the molecule is CNC(C)C1CCCCN1c1ccc(C(N)=O)cn1. The molecule has 0 saturated carbocycles. The van der Waals surface area contributed by atoms with Crippen LogP contribution in [0, 0.1) is 0 Å². The summed E-state index contributed by atoms with van der Waals surface area (Å²) in [5.41, 5.74) is 5.69. The number of nitrogens with one attached hydrogen (secondary N) is 1. The van der Waals surface area contributed by atoms with Crippen LogP contribution in [0.5, 0.6) is 0 Å². The highest BCUT2D eigenvalue weighted by atomic mass is 16.1. The Morgan fingerprint density at radius 3 is 2.89 bits per heavy atom. The normalized spacial score (nSPS) is 21.2. The van der Waals surface area contributed by atoms with Crippen LogP contribution in [0.15, 0.2) is 18.3 Å². The Balaban J connectivity index is 2.19. The molecular formula is C14H22N4O. The number of nitrogens with two attached hydrogens (primary N) is 1. The zero-order valence-corrected chi connectivity index (χ0v) is 11.6. The molecule has 2 heterocycles. The average molecular weight is 262 g/mol. The molecule has 1 fully saturated rings. The summed E-state index contributed by atoms with van der Waals surface area (Å²) in [5.74, 6) is 0.495. The van der Waals surface area contributed by atoms with Gasteiger partial charge in [0.25, 0.3) is 0 Å². The molecule has 0 bridgehead atoms. The topological polar surface area (TPSA) is 71.2 Å². The lowest BCUT2D eigenvalue weighted by molar-refractivity contribution is 0.1000. The van der Waals surface area contributed by atoms with Gasteiger partial charge in [-0.1, -0.05) is 0 Å². The molecule has 1 saturated heterocycles. The van der Waals surface area contributed by atoms with E-state index in [2.05, 4.69) is 22.1 Å². The van der Waals surface area contributed by atoms with Crippen LogP contribution in [0.2, 0.25) is 0 Å². The second-order valence-electron chi connectivity index (χ2n) is 5.10. The summed E-state index contributed by atoms with van der Waals surface area (Å²) >= 11 is 0. The molecule has 0 radical (unpaired) electrons. The van der Waals surface area contributed by atoms with E-state index in [1.54, 1.807) is 12.3 Å². The molecular weight excluding hydrogens is 240 g/mol. The maximum absolute atomic E-state index is 11.1. The molecule has 3 N–H and O–H groups in total. The fourth-order valence-electron chi connectivity index (χ4n) is 2.66. The van der Waals surface area contributed by atoms with E-state index < -0.39 is 5.91 Å². The molecule has 1 amide bonds. The number of carbonyl (C=O) groups excluding carboxylic acids is 1. The summed E-state index contributed by atoms with van der Waals surface area (Å²) in [6.45, 7) is 3.21. The highest BCUT2D eigenvalue weighted by Gasteiger charge is 2.27. The minimum Gasteiger partial charge on any atom is -0.366 e. The van der Waals surface area contributed by atoms with Crippen molar-refractivity contribution in [2.75, 3.05) is 18.5 Å². The molecule has 5 nitrogen and oxygen atoms in total. The van der Waals surface area contributed by atoms with Gasteiger partial charge in [-0.25, -0.2) is 4.98 Å². The first-order valence-corrected chi connectivity index (χ1v) is 6.83. The molecule has 1 aliphatic heterocycles. The number of likely N-dealkylation sites (N-methyl/N-ethyl adjacent to an activating group) is 1. The van der Waals surface area contributed by atoms with Crippen LogP contribution < -0.4 is 16.0 Å². The van der Waals surface area contributed by atoms with Gasteiger partial charge in [-0.15, -0.1) is 0 Å². The number of hydrogen-bond donors (Lipinski definition) is 2. The van der Waals surface area contributed by atoms with Crippen LogP contribution >= 0.6 is 0 Å². The predicted molar refractivity (Wildman–Crippen MR) is 76.3 cm³/mol. The van der Waals surface area contributed by atoms with Crippen molar-refractivity contribution < 1.29 is 4.79 Å². The highest BCUT2D eigenvalue weighted by molar-refractivity contribution is 5.92. The largest absolute Gasteiger partial charge is 0.366 e. The van der Waals surface area contributed by atoms with Crippen LogP contribution in [0.25, 0.3) is 0 Å². The highest BCUT2D eigenvalue weighted by Crippen LogP contribution is 2.25. The average Bonchev–Trinajstić information content (AvgIpc) is 2.46. The van der Waals surface area contributed by atoms with Crippen molar-refractivity contribution in [3.05, 3.63) is 23.9 Å². The van der Waals surface area contributed by atoms with Crippen molar-refractivity contribution in [3.63, 3.8) is 0 Å². The Hall–Kier alpha value is -1.62. The lowest BCUT2D eigenvalue weighted by Gasteiger charge is -2.40. The number of piperidine rings is 1. The molecule has 5 heteroatoms. The summed E-state index contributed by atoms with van der Waals surface area (Å²) < 4.78 is 0. The fraction of sp³-hybridized carbons (Fsp3) is 0.571. The summed E-state index contributed by atoms with van der Waals surface area (Å²) in [6, 6.07) is 4.50. The maximum atomic E-state index is 11.1. The molecule has 1 aliphatic rings. The van der Waals surface area contributed by atoms with E-state index in [1.807, 2.05) is 13.1 Å². The van der Waals surface area contributed by atoms with Gasteiger partial charge in [0.2, 0.25) is 5.91 Å². The van der Waals surface area contributed by atoms with Crippen molar-refractivity contribution >= 4 is 11.7 Å². The Morgan fingerprint density at radius 2 is 2.32 bits per heavy atom. The molecule has 2 unspecified atom stereocenters. The zero-order chi connectivity index (χ0) is 13.8. The summed E-state index contributed by atoms with van der Waals surface area (Å²) in [6.07, 6.45) is 5.17. The van der Waals surface area contributed by atoms with Crippen molar-refractivity contribution in [2.24, 2.45) is 5.73 Å². The molecule has 104 valence electrons. The third kappa shape index (κ3) is 3.04. The van der Waals surface area contributed by atoms with Crippen LogP contribution in [0.1, 0.15) is 36.5 Å². The molecule has 1 aromatic heterocycles. The number of nitrogens with zero attached hydrogens (tertiary/aromatic N) is 2. The van der Waals surface area contributed by atoms with Gasteiger partial charge in [-0.2, -0.15) is 0 Å². The zero-order valence-electron chi connectivity index (χ0n) is 11.6. The Morgan fingerprint density at radius 1 is 1.53 bits per heavy atom. The van der Waals surface area contributed by atoms with Crippen molar-refractivity contribution in [2.45, 2.75) is 38.3 Å². The Bertz CT molecular complexity index is 432. The lowest BCUT2D eigenvalue weighted by Crippen LogP contribution is -2.50. The molecule has 19 heavy (non-hydrogen) atoms. The van der Waals surface area contributed by atoms with Crippen molar-refractivity contribution in [3.8, 4) is 0 Å². The van der Waals surface area contributed by atoms with Crippen molar-refractivity contribution in [1.29, 1.82) is 0 Å². The number of aromatic nitrogens is 1. The lowest BCUT2D eigenvalue weighted by atomic mass is 9.96. The van der Waals surface area contributed by atoms with Gasteiger partial charge in [0.15, 0.2) is 0 Å². The number of anilines is 1. The second-order valence-corrected chi connectivity index (χ2v) is 5.10. The summed E-state index contributed by atoms with van der Waals surface area (Å²) in [4.78, 5) is 17.8. The number of amides is 1. The van der Waals surface area contributed by atoms with E-state index in [0.717, 1.165) is 12.4 Å². The molecule has 0 spiro atoms. The van der Waals surface area contributed by atoms with E-state index in [0.29, 0.717) is 17.6 Å². The third-order valence-electron chi connectivity index (χ3n) is 3.91. The quantitative estimate of drug-likeness (QED) is 0.854. The van der Waals surface area contributed by atoms with E-state index in [4.69, 9.17) is 5.73 Å². The number of pyridine rings is 1. The molecule has 0 aromatic carbocycles. The van der Waals surface area contributed by atoms with Gasteiger partial charge in [0, 0.05) is 24.8 Å². The molecule has 1 aromatic rings. The van der Waals surface area contributed by atoms with Gasteiger partial charge in [-0.3, -0.25) is 4.79 Å². The van der Waals surface area contributed by atoms with Crippen LogP contribution in [-0.2, 0) is 0 Å². The van der Waals surface area contributed by atoms with Crippen LogP contribution in [0.3, 0.4) is 0 Å². The monoisotopic (exact) mass is 262 g/mol. The van der Waals surface area contributed by atoms with Crippen LogP contribution in [0.4, 0.5) is 5.82 Å². The van der Waals surface area contributed by atoms with E-state index >= 15 is 0 Å². The number of carbonyl (C=O) groups is 1. The second kappa shape index (κ2) is 6.02. The molecule has 2 atom stereocenters. The summed E-state index contributed by atoms with van der Waals surface area (Å²) in [5, 5.41) is 3.32. The van der Waals surface area contributed by atoms with E-state index in [-0.39, 0.29) is 0 Å². The number of primary amides is 1. The van der Waals surface area contributed by atoms with Gasteiger partial charge in [0.1, 0.15) is 5.82 Å². The minimum atomic E-state index is -0.433. The first kappa shape index (κ1) is 13.8. The van der Waals surface area contributed by atoms with E-state index in [9.17, 15) is 4.79 Å². The number of hydrogen-bond acceptors (Lipinski definition) is 4. The predicted octanol–water partition coefficient (Wildman–Crippen LogP) is 1.15. The first-order valence-electron chi connectivity index (χ1n) is 6.83. The Kier molecular flexibility index (Phi) is 4.37. The smallest absolute Gasteiger partial charge is 0.250 e.